The van der Waals surface area contributed by atoms with Crippen molar-refractivity contribution in [3.8, 4) is 0 Å². The molecule has 2 rings (SSSR count). The van der Waals surface area contributed by atoms with Crippen LogP contribution in [0.1, 0.15) is 18.9 Å². The number of rotatable bonds is 8. The summed E-state index contributed by atoms with van der Waals surface area (Å²) in [5.41, 5.74) is 1.15. The minimum atomic E-state index is -4.33. The van der Waals surface area contributed by atoms with E-state index in [-0.39, 0.29) is 29.5 Å². The number of halogens is 4. The van der Waals surface area contributed by atoms with E-state index in [1.54, 1.807) is 0 Å². The molecule has 156 valence electrons. The van der Waals surface area contributed by atoms with Gasteiger partial charge in [0.1, 0.15) is 0 Å². The largest absolute Gasteiger partial charge is 0.398 e. The second kappa shape index (κ2) is 10.5. The van der Waals surface area contributed by atoms with Gasteiger partial charge in [-0.2, -0.15) is 13.2 Å². The van der Waals surface area contributed by atoms with Gasteiger partial charge in [-0.15, -0.1) is 11.8 Å². The lowest BCUT2D eigenvalue weighted by molar-refractivity contribution is -0.130. The maximum Gasteiger partial charge on any atom is 0.398 e. The number of alkyl halides is 3. The van der Waals surface area contributed by atoms with E-state index in [0.29, 0.717) is 23.3 Å². The molecule has 29 heavy (non-hydrogen) atoms. The summed E-state index contributed by atoms with van der Waals surface area (Å²) >= 11 is 6.49. The van der Waals surface area contributed by atoms with Crippen LogP contribution in [0.5, 0.6) is 0 Å². The molecule has 0 radical (unpaired) electrons. The molecule has 0 fully saturated rings. The van der Waals surface area contributed by atoms with Crippen molar-refractivity contribution in [2.45, 2.75) is 31.0 Å². The van der Waals surface area contributed by atoms with Crippen molar-refractivity contribution in [1.29, 1.82) is 0 Å². The maximum absolute atomic E-state index is 12.5. The number of hydrogen-bond donors (Lipinski definition) is 1. The Balaban J connectivity index is 1.98. The highest BCUT2D eigenvalue weighted by Crippen LogP contribution is 2.34. The molecule has 1 N–H and O–H groups in total. The quantitative estimate of drug-likeness (QED) is 0.557. The van der Waals surface area contributed by atoms with Crippen molar-refractivity contribution in [2.24, 2.45) is 0 Å². The molecule has 9 heteroatoms. The van der Waals surface area contributed by atoms with E-state index < -0.39 is 17.8 Å². The summed E-state index contributed by atoms with van der Waals surface area (Å²) < 4.78 is 37.5. The van der Waals surface area contributed by atoms with Crippen LogP contribution >= 0.6 is 23.4 Å². The Morgan fingerprint density at radius 3 is 2.45 bits per heavy atom. The van der Waals surface area contributed by atoms with Crippen molar-refractivity contribution < 1.29 is 22.8 Å². The lowest BCUT2D eigenvalue weighted by Crippen LogP contribution is -2.31. The first-order valence-electron chi connectivity index (χ1n) is 8.72. The van der Waals surface area contributed by atoms with Gasteiger partial charge in [0, 0.05) is 36.4 Å². The highest BCUT2D eigenvalue weighted by atomic mass is 35.5. The van der Waals surface area contributed by atoms with E-state index in [2.05, 4.69) is 5.32 Å². The van der Waals surface area contributed by atoms with E-state index in [1.807, 2.05) is 30.3 Å². The number of nitrogens with one attached hydrogen (secondary N) is 1. The molecule has 0 spiro atoms. The molecule has 0 bridgehead atoms. The van der Waals surface area contributed by atoms with Crippen molar-refractivity contribution in [3.05, 3.63) is 59.1 Å². The van der Waals surface area contributed by atoms with E-state index >= 15 is 0 Å². The Bertz CT molecular complexity index is 847. The van der Waals surface area contributed by atoms with Crippen LogP contribution in [0.4, 0.5) is 18.9 Å². The minimum absolute atomic E-state index is 0.00229. The third-order valence-corrected chi connectivity index (χ3v) is 5.25. The fourth-order valence-electron chi connectivity index (χ4n) is 2.49. The number of benzene rings is 2. The van der Waals surface area contributed by atoms with Gasteiger partial charge >= 0.3 is 6.18 Å². The van der Waals surface area contributed by atoms with Gasteiger partial charge < -0.3 is 10.2 Å². The Labute approximate surface area is 176 Å². The summed E-state index contributed by atoms with van der Waals surface area (Å²) in [6, 6.07) is 13.7. The van der Waals surface area contributed by atoms with Gasteiger partial charge in [-0.1, -0.05) is 41.9 Å². The van der Waals surface area contributed by atoms with Crippen LogP contribution in [0.25, 0.3) is 0 Å². The second-order valence-electron chi connectivity index (χ2n) is 6.27. The molecule has 0 aliphatic heterocycles. The molecular formula is C20H20ClF3N2O2S. The highest BCUT2D eigenvalue weighted by molar-refractivity contribution is 7.99. The molecule has 2 amide bonds. The van der Waals surface area contributed by atoms with Gasteiger partial charge in [-0.3, -0.25) is 9.59 Å². The molecule has 0 aromatic heterocycles. The Morgan fingerprint density at radius 1 is 1.14 bits per heavy atom. The fourth-order valence-corrected chi connectivity index (χ4v) is 3.41. The summed E-state index contributed by atoms with van der Waals surface area (Å²) in [4.78, 5) is 26.0. The third-order valence-electron chi connectivity index (χ3n) is 3.88. The first-order chi connectivity index (χ1) is 13.6. The second-order valence-corrected chi connectivity index (χ2v) is 7.72. The molecule has 2 aromatic rings. The van der Waals surface area contributed by atoms with Gasteiger partial charge in [0.2, 0.25) is 11.8 Å². The minimum Gasteiger partial charge on any atom is -0.338 e. The molecular weight excluding hydrogens is 425 g/mol. The molecule has 0 heterocycles. The van der Waals surface area contributed by atoms with Gasteiger partial charge in [-0.25, -0.2) is 0 Å². The predicted molar refractivity (Wildman–Crippen MR) is 109 cm³/mol. The highest BCUT2D eigenvalue weighted by Gasteiger charge is 2.28. The summed E-state index contributed by atoms with van der Waals surface area (Å²) in [6.45, 7) is 1.97. The Kier molecular flexibility index (Phi) is 8.40. The number of hydrogen-bond acceptors (Lipinski definition) is 3. The van der Waals surface area contributed by atoms with Crippen molar-refractivity contribution in [1.82, 2.24) is 4.90 Å². The van der Waals surface area contributed by atoms with Crippen molar-refractivity contribution >= 4 is 40.9 Å². The fraction of sp³-hybridized carbons (Fsp3) is 0.300. The molecule has 4 nitrogen and oxygen atoms in total. The van der Waals surface area contributed by atoms with Gasteiger partial charge in [0.05, 0.1) is 11.4 Å². The summed E-state index contributed by atoms with van der Waals surface area (Å²) in [5, 5.41) is 2.89. The number of nitrogens with zero attached hydrogens (tertiary/aromatic N) is 1. The Hall–Kier alpha value is -2.19. The molecule has 0 unspecified atom stereocenters. The van der Waals surface area contributed by atoms with Gasteiger partial charge in [0.25, 0.3) is 0 Å². The lowest BCUT2D eigenvalue weighted by atomic mass is 10.2. The topological polar surface area (TPSA) is 49.4 Å². The average molecular weight is 445 g/mol. The van der Waals surface area contributed by atoms with E-state index in [1.165, 1.54) is 30.0 Å². The predicted octanol–water partition coefficient (Wildman–Crippen LogP) is 5.37. The van der Waals surface area contributed by atoms with Gasteiger partial charge in [0.15, 0.2) is 0 Å². The smallest absolute Gasteiger partial charge is 0.338 e. The summed E-state index contributed by atoms with van der Waals surface area (Å²) in [6.07, 6.45) is -4.33. The number of thioether (sulfide) groups is 1. The van der Waals surface area contributed by atoms with Crippen LogP contribution in [-0.2, 0) is 16.1 Å². The van der Waals surface area contributed by atoms with Crippen LogP contribution in [0.2, 0.25) is 5.02 Å². The number of carbonyl (C=O) groups is 2. The number of anilines is 1. The van der Waals surface area contributed by atoms with Crippen molar-refractivity contribution in [2.75, 3.05) is 17.6 Å². The monoisotopic (exact) mass is 444 g/mol. The zero-order chi connectivity index (χ0) is 21.4. The maximum atomic E-state index is 12.5. The zero-order valence-electron chi connectivity index (χ0n) is 15.6. The molecule has 0 aliphatic carbocycles. The number of carbonyl (C=O) groups excluding carboxylic acids is 2. The van der Waals surface area contributed by atoms with Gasteiger partial charge in [-0.05, 0) is 23.8 Å². The standard InChI is InChI=1S/C20H20ClF3N2O2S/c1-14(27)26(12-15-5-3-2-4-6-15)10-9-19(28)25-17-11-16(21)7-8-18(17)29-13-20(22,23)24/h2-8,11H,9-10,12-13H2,1H3,(H,25,28). The van der Waals surface area contributed by atoms with Crippen LogP contribution in [0.3, 0.4) is 0 Å². The number of amides is 2. The van der Waals surface area contributed by atoms with E-state index in [9.17, 15) is 22.8 Å². The Morgan fingerprint density at radius 2 is 1.83 bits per heavy atom. The van der Waals surface area contributed by atoms with Crippen LogP contribution in [0.15, 0.2) is 53.4 Å². The summed E-state index contributed by atoms with van der Waals surface area (Å²) in [5.74, 6) is -1.67. The lowest BCUT2D eigenvalue weighted by Gasteiger charge is -2.21. The first-order valence-corrected chi connectivity index (χ1v) is 10.1. The molecule has 0 atom stereocenters. The molecule has 2 aromatic carbocycles. The molecule has 0 aliphatic rings. The third kappa shape index (κ3) is 8.37. The average Bonchev–Trinajstić information content (AvgIpc) is 2.64. The summed E-state index contributed by atoms with van der Waals surface area (Å²) in [7, 11) is 0. The molecule has 0 saturated carbocycles. The van der Waals surface area contributed by atoms with Crippen LogP contribution in [-0.4, -0.2) is 35.2 Å². The van der Waals surface area contributed by atoms with E-state index in [0.717, 1.165) is 5.56 Å². The zero-order valence-corrected chi connectivity index (χ0v) is 17.2. The van der Waals surface area contributed by atoms with Crippen molar-refractivity contribution in [3.63, 3.8) is 0 Å². The first kappa shape index (κ1) is 23.1. The van der Waals surface area contributed by atoms with Crippen LogP contribution < -0.4 is 5.32 Å². The molecule has 0 saturated heterocycles. The van der Waals surface area contributed by atoms with Crippen LogP contribution in [0, 0.1) is 0 Å². The normalized spacial score (nSPS) is 11.2. The van der Waals surface area contributed by atoms with E-state index in [4.69, 9.17) is 11.6 Å². The SMILES string of the molecule is CC(=O)N(CCC(=O)Nc1cc(Cl)ccc1SCC(F)(F)F)Cc1ccccc1.